The van der Waals surface area contributed by atoms with Gasteiger partial charge in [0.15, 0.2) is 0 Å². The molecule has 1 fully saturated rings. The second-order valence-corrected chi connectivity index (χ2v) is 6.98. The normalized spacial score (nSPS) is 22.8. The molecule has 1 aromatic heterocycles. The van der Waals surface area contributed by atoms with E-state index in [0.717, 1.165) is 42.9 Å². The Kier molecular flexibility index (Phi) is 4.92. The van der Waals surface area contributed by atoms with Crippen molar-refractivity contribution in [2.24, 2.45) is 12.5 Å². The number of hydrogen-bond acceptors (Lipinski definition) is 4. The van der Waals surface area contributed by atoms with E-state index >= 15 is 0 Å². The third kappa shape index (κ3) is 3.38. The third-order valence-corrected chi connectivity index (χ3v) is 5.11. The highest BCUT2D eigenvalue weighted by molar-refractivity contribution is 6.31. The highest BCUT2D eigenvalue weighted by atomic mass is 35.5. The second-order valence-electron chi connectivity index (χ2n) is 6.54. The largest absolute Gasteiger partial charge is 0.396 e. The molecule has 1 saturated heterocycles. The van der Waals surface area contributed by atoms with Crippen LogP contribution < -0.4 is 5.32 Å². The van der Waals surface area contributed by atoms with Crippen LogP contribution in [0.15, 0.2) is 18.2 Å². The Bertz CT molecular complexity index is 680. The number of fused-ring (bicyclic) bond motifs is 1. The minimum Gasteiger partial charge on any atom is -0.396 e. The Balaban J connectivity index is 1.75. The summed E-state index contributed by atoms with van der Waals surface area (Å²) >= 11 is 6.06. The number of nitrogens with one attached hydrogen (secondary N) is 1. The van der Waals surface area contributed by atoms with Crippen molar-refractivity contribution in [3.05, 3.63) is 29.0 Å². The average Bonchev–Trinajstić information content (AvgIpc) is 3.11. The standard InChI is InChI=1S/C17H24ClN3O2/c1-12(19-10-17(5-7-22)6-8-23-11-17)16-20-14-9-13(18)3-4-15(14)21(16)2/h3-4,9,12,19,22H,5-8,10-11H2,1-2H3/t12-,17-/m1/s1. The van der Waals surface area contributed by atoms with Gasteiger partial charge in [-0.15, -0.1) is 0 Å². The monoisotopic (exact) mass is 337 g/mol. The highest BCUT2D eigenvalue weighted by Gasteiger charge is 2.34. The molecule has 1 aliphatic heterocycles. The molecule has 6 heteroatoms. The average molecular weight is 338 g/mol. The predicted molar refractivity (Wildman–Crippen MR) is 91.7 cm³/mol. The topological polar surface area (TPSA) is 59.3 Å². The lowest BCUT2D eigenvalue weighted by Gasteiger charge is -2.28. The lowest BCUT2D eigenvalue weighted by atomic mass is 9.84. The molecular formula is C17H24ClN3O2. The number of nitrogens with zero attached hydrogens (tertiary/aromatic N) is 2. The van der Waals surface area contributed by atoms with E-state index in [2.05, 4.69) is 16.8 Å². The zero-order valence-corrected chi connectivity index (χ0v) is 14.4. The van der Waals surface area contributed by atoms with Crippen molar-refractivity contribution < 1.29 is 9.84 Å². The van der Waals surface area contributed by atoms with Crippen molar-refractivity contribution in [1.29, 1.82) is 0 Å². The van der Waals surface area contributed by atoms with Gasteiger partial charge in [0, 0.05) is 37.2 Å². The molecule has 1 aliphatic rings. The Labute approximate surface area is 141 Å². The predicted octanol–water partition coefficient (Wildman–Crippen LogP) is 2.67. The smallest absolute Gasteiger partial charge is 0.126 e. The van der Waals surface area contributed by atoms with Crippen LogP contribution in [-0.4, -0.2) is 41.0 Å². The number of aliphatic hydroxyl groups excluding tert-OH is 1. The molecule has 2 N–H and O–H groups in total. The van der Waals surface area contributed by atoms with Crippen LogP contribution in [0.5, 0.6) is 0 Å². The van der Waals surface area contributed by atoms with Gasteiger partial charge in [0.05, 0.1) is 23.7 Å². The van der Waals surface area contributed by atoms with Gasteiger partial charge >= 0.3 is 0 Å². The number of benzene rings is 1. The zero-order chi connectivity index (χ0) is 16.4. The molecule has 2 atom stereocenters. The van der Waals surface area contributed by atoms with Gasteiger partial charge in [0.2, 0.25) is 0 Å². The molecule has 5 nitrogen and oxygen atoms in total. The maximum atomic E-state index is 9.33. The minimum atomic E-state index is 0.0386. The van der Waals surface area contributed by atoms with Crippen LogP contribution >= 0.6 is 11.6 Å². The number of ether oxygens (including phenoxy) is 1. The van der Waals surface area contributed by atoms with E-state index in [1.807, 2.05) is 25.2 Å². The Morgan fingerprint density at radius 1 is 1.52 bits per heavy atom. The van der Waals surface area contributed by atoms with Crippen LogP contribution in [-0.2, 0) is 11.8 Å². The number of aryl methyl sites for hydroxylation is 1. The zero-order valence-electron chi connectivity index (χ0n) is 13.7. The SMILES string of the molecule is C[C@@H](NC[C@@]1(CCO)CCOC1)c1nc2cc(Cl)ccc2n1C. The van der Waals surface area contributed by atoms with E-state index in [1.54, 1.807) is 0 Å². The molecule has 126 valence electrons. The van der Waals surface area contributed by atoms with E-state index in [9.17, 15) is 5.11 Å². The first-order chi connectivity index (χ1) is 11.0. The molecule has 3 rings (SSSR count). The quantitative estimate of drug-likeness (QED) is 0.850. The van der Waals surface area contributed by atoms with Gasteiger partial charge in [0.1, 0.15) is 5.82 Å². The lowest BCUT2D eigenvalue weighted by molar-refractivity contribution is 0.122. The van der Waals surface area contributed by atoms with Crippen molar-refractivity contribution in [3.8, 4) is 0 Å². The lowest BCUT2D eigenvalue weighted by Crippen LogP contribution is -2.37. The van der Waals surface area contributed by atoms with Crippen LogP contribution in [0, 0.1) is 5.41 Å². The molecule has 1 aromatic carbocycles. The molecule has 0 spiro atoms. The third-order valence-electron chi connectivity index (χ3n) is 4.88. The summed E-state index contributed by atoms with van der Waals surface area (Å²) in [6, 6.07) is 5.89. The Morgan fingerprint density at radius 3 is 3.04 bits per heavy atom. The summed E-state index contributed by atoms with van der Waals surface area (Å²) < 4.78 is 7.65. The summed E-state index contributed by atoms with van der Waals surface area (Å²) in [7, 11) is 2.03. The molecule has 23 heavy (non-hydrogen) atoms. The van der Waals surface area contributed by atoms with E-state index < -0.39 is 0 Å². The first-order valence-corrected chi connectivity index (χ1v) is 8.46. The maximum absolute atomic E-state index is 9.33. The Hall–Kier alpha value is -1.14. The molecular weight excluding hydrogens is 314 g/mol. The highest BCUT2D eigenvalue weighted by Crippen LogP contribution is 2.32. The number of aromatic nitrogens is 2. The van der Waals surface area contributed by atoms with Gasteiger partial charge in [0.25, 0.3) is 0 Å². The van der Waals surface area contributed by atoms with Crippen molar-refractivity contribution in [2.45, 2.75) is 25.8 Å². The molecule has 2 aromatic rings. The first-order valence-electron chi connectivity index (χ1n) is 8.08. The molecule has 0 saturated carbocycles. The minimum absolute atomic E-state index is 0.0386. The summed E-state index contributed by atoms with van der Waals surface area (Å²) in [6.07, 6.45) is 1.76. The maximum Gasteiger partial charge on any atom is 0.126 e. The summed E-state index contributed by atoms with van der Waals surface area (Å²) in [6.45, 7) is 4.63. The fraction of sp³-hybridized carbons (Fsp3) is 0.588. The number of imidazole rings is 1. The van der Waals surface area contributed by atoms with Crippen LogP contribution in [0.1, 0.15) is 31.6 Å². The van der Waals surface area contributed by atoms with Crippen molar-refractivity contribution in [3.63, 3.8) is 0 Å². The molecule has 0 bridgehead atoms. The number of hydrogen-bond donors (Lipinski definition) is 2. The van der Waals surface area contributed by atoms with Gasteiger partial charge in [-0.1, -0.05) is 11.6 Å². The van der Waals surface area contributed by atoms with Crippen LogP contribution in [0.4, 0.5) is 0 Å². The van der Waals surface area contributed by atoms with Gasteiger partial charge in [-0.25, -0.2) is 4.98 Å². The van der Waals surface area contributed by atoms with Crippen LogP contribution in [0.3, 0.4) is 0 Å². The van der Waals surface area contributed by atoms with Crippen LogP contribution in [0.2, 0.25) is 5.02 Å². The molecule has 2 heterocycles. The van der Waals surface area contributed by atoms with E-state index in [0.29, 0.717) is 11.6 Å². The molecule has 0 amide bonds. The second kappa shape index (κ2) is 6.77. The number of rotatable bonds is 6. The molecule has 0 unspecified atom stereocenters. The van der Waals surface area contributed by atoms with Gasteiger partial charge in [-0.2, -0.15) is 0 Å². The van der Waals surface area contributed by atoms with Gasteiger partial charge < -0.3 is 19.7 Å². The summed E-state index contributed by atoms with van der Waals surface area (Å²) in [5.41, 5.74) is 2.03. The fourth-order valence-corrected chi connectivity index (χ4v) is 3.52. The van der Waals surface area contributed by atoms with Gasteiger partial charge in [-0.05, 0) is 38.0 Å². The van der Waals surface area contributed by atoms with Gasteiger partial charge in [-0.3, -0.25) is 0 Å². The summed E-state index contributed by atoms with van der Waals surface area (Å²) in [5.74, 6) is 0.986. The fourth-order valence-electron chi connectivity index (χ4n) is 3.35. The number of halogens is 1. The summed E-state index contributed by atoms with van der Waals surface area (Å²) in [4.78, 5) is 4.72. The molecule has 0 radical (unpaired) electrons. The summed E-state index contributed by atoms with van der Waals surface area (Å²) in [5, 5.41) is 13.6. The molecule has 0 aliphatic carbocycles. The van der Waals surface area contributed by atoms with Crippen molar-refractivity contribution in [2.75, 3.05) is 26.4 Å². The Morgan fingerprint density at radius 2 is 2.35 bits per heavy atom. The van der Waals surface area contributed by atoms with Crippen LogP contribution in [0.25, 0.3) is 11.0 Å². The number of aliphatic hydroxyl groups is 1. The van der Waals surface area contributed by atoms with E-state index in [1.165, 1.54) is 0 Å². The van der Waals surface area contributed by atoms with E-state index in [-0.39, 0.29) is 18.1 Å². The first kappa shape index (κ1) is 16.7. The van der Waals surface area contributed by atoms with Crippen molar-refractivity contribution >= 4 is 22.6 Å². The van der Waals surface area contributed by atoms with Crippen molar-refractivity contribution in [1.82, 2.24) is 14.9 Å². The van der Waals surface area contributed by atoms with E-state index in [4.69, 9.17) is 21.3 Å².